The minimum Gasteiger partial charge on any atom is -0.441 e. The summed E-state index contributed by atoms with van der Waals surface area (Å²) in [5.41, 5.74) is 1.52. The maximum absolute atomic E-state index is 14.0. The molecule has 4 atom stereocenters. The van der Waals surface area contributed by atoms with Gasteiger partial charge in [-0.15, -0.1) is 0 Å². The smallest absolute Gasteiger partial charge is 0.203 e. The molecule has 0 radical (unpaired) electrons. The van der Waals surface area contributed by atoms with E-state index >= 15 is 0 Å². The normalized spacial score (nSPS) is 21.3. The number of aromatic nitrogens is 2. The number of carbonyl (C=O) groups is 1. The van der Waals surface area contributed by atoms with Gasteiger partial charge in [0.25, 0.3) is 0 Å². The summed E-state index contributed by atoms with van der Waals surface area (Å²) >= 11 is 12.5. The molecule has 2 aromatic heterocycles. The van der Waals surface area contributed by atoms with Gasteiger partial charge in [0.05, 0.1) is 35.2 Å². The van der Waals surface area contributed by atoms with Crippen LogP contribution in [0.25, 0.3) is 11.3 Å². The van der Waals surface area contributed by atoms with E-state index in [0.717, 1.165) is 12.1 Å². The van der Waals surface area contributed by atoms with E-state index in [4.69, 9.17) is 27.6 Å². The van der Waals surface area contributed by atoms with Gasteiger partial charge in [0, 0.05) is 19.5 Å². The van der Waals surface area contributed by atoms with Crippen molar-refractivity contribution in [2.75, 3.05) is 13.2 Å². The Hall–Kier alpha value is -2.30. The third-order valence-corrected chi connectivity index (χ3v) is 7.03. The monoisotopic (exact) mass is 527 g/mol. The number of furan rings is 1. The van der Waals surface area contributed by atoms with Crippen LogP contribution in [-0.2, 0) is 7.05 Å². The molecular weight excluding hydrogens is 503 g/mol. The molecule has 188 valence electrons. The van der Waals surface area contributed by atoms with Crippen LogP contribution in [-0.4, -0.2) is 51.1 Å². The van der Waals surface area contributed by atoms with Crippen LogP contribution in [0.3, 0.4) is 0 Å². The molecule has 0 bridgehead atoms. The Labute approximate surface area is 210 Å². The van der Waals surface area contributed by atoms with E-state index in [0.29, 0.717) is 41.2 Å². The first-order chi connectivity index (χ1) is 16.7. The Morgan fingerprint density at radius 2 is 2.09 bits per heavy atom. The third kappa shape index (κ3) is 5.59. The molecular formula is C24H25Cl2F2N3O4. The maximum Gasteiger partial charge on any atom is 0.203 e. The van der Waals surface area contributed by atoms with Crippen molar-refractivity contribution in [1.29, 1.82) is 0 Å². The van der Waals surface area contributed by atoms with E-state index in [2.05, 4.69) is 10.4 Å². The number of aliphatic hydroxyl groups is 2. The van der Waals surface area contributed by atoms with Gasteiger partial charge in [0.15, 0.2) is 23.2 Å². The molecule has 3 aromatic rings. The van der Waals surface area contributed by atoms with Gasteiger partial charge in [-0.3, -0.25) is 9.48 Å². The van der Waals surface area contributed by atoms with Gasteiger partial charge in [-0.1, -0.05) is 17.7 Å². The minimum absolute atomic E-state index is 0.0100. The first-order valence-corrected chi connectivity index (χ1v) is 11.9. The van der Waals surface area contributed by atoms with E-state index in [1.165, 1.54) is 23.0 Å². The fourth-order valence-corrected chi connectivity index (χ4v) is 5.21. The molecule has 3 heterocycles. The quantitative estimate of drug-likeness (QED) is 0.376. The maximum atomic E-state index is 14.0. The van der Waals surface area contributed by atoms with Crippen molar-refractivity contribution in [3.8, 4) is 11.3 Å². The zero-order valence-corrected chi connectivity index (χ0v) is 20.4. The van der Waals surface area contributed by atoms with E-state index in [1.807, 2.05) is 0 Å². The van der Waals surface area contributed by atoms with Gasteiger partial charge >= 0.3 is 0 Å². The summed E-state index contributed by atoms with van der Waals surface area (Å²) in [4.78, 5) is 13.2. The first-order valence-electron chi connectivity index (χ1n) is 11.2. The summed E-state index contributed by atoms with van der Waals surface area (Å²) < 4.78 is 34.6. The molecule has 7 nitrogen and oxygen atoms in total. The number of aryl methyl sites for hydroxylation is 1. The first kappa shape index (κ1) is 25.8. The molecule has 2 unspecified atom stereocenters. The number of Topliss-reactive ketones (excluding diaryl/α,β-unsaturated/α-hetero) is 1. The number of nitrogens with one attached hydrogen (secondary N) is 1. The van der Waals surface area contributed by atoms with E-state index in [-0.39, 0.29) is 47.7 Å². The summed E-state index contributed by atoms with van der Waals surface area (Å²) in [7, 11) is 1.69. The Kier molecular flexibility index (Phi) is 7.92. The van der Waals surface area contributed by atoms with Crippen LogP contribution in [0.2, 0.25) is 10.2 Å². The van der Waals surface area contributed by atoms with Crippen molar-refractivity contribution in [3.63, 3.8) is 0 Å². The van der Waals surface area contributed by atoms with E-state index < -0.39 is 17.7 Å². The number of aliphatic hydroxyl groups excluding tert-OH is 2. The van der Waals surface area contributed by atoms with Gasteiger partial charge in [0.2, 0.25) is 5.22 Å². The second kappa shape index (κ2) is 10.8. The molecule has 3 N–H and O–H groups in total. The lowest BCUT2D eigenvalue weighted by molar-refractivity contribution is 0.0698. The summed E-state index contributed by atoms with van der Waals surface area (Å²) in [6.07, 6.45) is 1.38. The predicted molar refractivity (Wildman–Crippen MR) is 127 cm³/mol. The van der Waals surface area contributed by atoms with Gasteiger partial charge in [-0.2, -0.15) is 5.10 Å². The minimum atomic E-state index is -0.964. The lowest BCUT2D eigenvalue weighted by Gasteiger charge is -2.38. The lowest BCUT2D eigenvalue weighted by atomic mass is 9.75. The summed E-state index contributed by atoms with van der Waals surface area (Å²) in [5.74, 6) is -2.71. The molecule has 1 saturated heterocycles. The summed E-state index contributed by atoms with van der Waals surface area (Å²) in [6, 6.07) is 5.08. The van der Waals surface area contributed by atoms with Gasteiger partial charge in [-0.25, -0.2) is 8.78 Å². The Morgan fingerprint density at radius 3 is 2.74 bits per heavy atom. The van der Waals surface area contributed by atoms with Gasteiger partial charge in [-0.05, 0) is 66.6 Å². The molecule has 1 fully saturated rings. The Balaban J connectivity index is 1.57. The molecule has 0 spiro atoms. The number of halogens is 4. The number of ketones is 1. The SMILES string of the molecule is Cn1ncc(Cl)c1-c1cc(C(=O)C[C@@H]2CNC(CC(O)CO)C[C@H]2c2ccc(F)c(F)c2)oc1Cl. The highest BCUT2D eigenvalue weighted by Gasteiger charge is 2.35. The largest absolute Gasteiger partial charge is 0.441 e. The zero-order valence-electron chi connectivity index (χ0n) is 18.8. The highest BCUT2D eigenvalue weighted by molar-refractivity contribution is 6.35. The zero-order chi connectivity index (χ0) is 25.3. The molecule has 35 heavy (non-hydrogen) atoms. The lowest BCUT2D eigenvalue weighted by Crippen LogP contribution is -2.45. The highest BCUT2D eigenvalue weighted by Crippen LogP contribution is 2.39. The number of rotatable bonds is 8. The fraction of sp³-hybridized carbons (Fsp3) is 0.417. The van der Waals surface area contributed by atoms with Crippen LogP contribution >= 0.6 is 23.2 Å². The molecule has 11 heteroatoms. The number of hydrogen-bond acceptors (Lipinski definition) is 6. The Morgan fingerprint density at radius 1 is 1.31 bits per heavy atom. The second-order valence-corrected chi connectivity index (χ2v) is 9.59. The van der Waals surface area contributed by atoms with Crippen molar-refractivity contribution in [2.24, 2.45) is 13.0 Å². The van der Waals surface area contributed by atoms with Crippen LogP contribution in [0.1, 0.15) is 41.3 Å². The number of piperidine rings is 1. The topological polar surface area (TPSA) is 101 Å². The van der Waals surface area contributed by atoms with Crippen molar-refractivity contribution < 1.29 is 28.2 Å². The highest BCUT2D eigenvalue weighted by atomic mass is 35.5. The standard InChI is InChI=1S/C24H25Cl2F2N3O4/c1-31-23(18(25)10-30-31)17-8-22(35-24(17)26)21(34)5-13-9-29-14(6-15(33)11-32)7-16(13)12-2-3-19(27)20(28)4-12/h2-4,8,10,13-16,29,32-33H,5-7,9,11H2,1H3/t13-,14?,15?,16+/m1/s1. The van der Waals surface area contributed by atoms with Crippen molar-refractivity contribution in [1.82, 2.24) is 15.1 Å². The fourth-order valence-electron chi connectivity index (χ4n) is 4.71. The van der Waals surface area contributed by atoms with Crippen LogP contribution in [0.5, 0.6) is 0 Å². The molecule has 1 aromatic carbocycles. The van der Waals surface area contributed by atoms with E-state index in [1.54, 1.807) is 7.05 Å². The van der Waals surface area contributed by atoms with Crippen LogP contribution in [0.15, 0.2) is 34.9 Å². The average molecular weight is 528 g/mol. The van der Waals surface area contributed by atoms with Crippen molar-refractivity contribution in [2.45, 2.75) is 37.3 Å². The van der Waals surface area contributed by atoms with Crippen LogP contribution < -0.4 is 5.32 Å². The second-order valence-electron chi connectivity index (χ2n) is 8.84. The van der Waals surface area contributed by atoms with E-state index in [9.17, 15) is 23.8 Å². The number of benzene rings is 1. The molecule has 0 saturated carbocycles. The molecule has 0 amide bonds. The third-order valence-electron chi connectivity index (χ3n) is 6.47. The number of hydrogen-bond donors (Lipinski definition) is 3. The predicted octanol–water partition coefficient (Wildman–Crippen LogP) is 4.34. The molecule has 1 aliphatic rings. The molecule has 4 rings (SSSR count). The average Bonchev–Trinajstić information content (AvgIpc) is 3.37. The molecule has 1 aliphatic heterocycles. The summed E-state index contributed by atoms with van der Waals surface area (Å²) in [5, 5.41) is 26.8. The van der Waals surface area contributed by atoms with Gasteiger partial charge in [0.1, 0.15) is 0 Å². The van der Waals surface area contributed by atoms with Crippen molar-refractivity contribution in [3.05, 3.63) is 63.7 Å². The molecule has 0 aliphatic carbocycles. The Bertz CT molecular complexity index is 1200. The van der Waals surface area contributed by atoms with Gasteiger partial charge < -0.3 is 19.9 Å². The number of nitrogens with zero attached hydrogens (tertiary/aromatic N) is 2. The number of carbonyl (C=O) groups excluding carboxylic acids is 1. The van der Waals surface area contributed by atoms with Crippen molar-refractivity contribution >= 4 is 29.0 Å². The van der Waals surface area contributed by atoms with Crippen LogP contribution in [0.4, 0.5) is 8.78 Å². The summed E-state index contributed by atoms with van der Waals surface area (Å²) in [6.45, 7) is 0.0191. The van der Waals surface area contributed by atoms with Crippen LogP contribution in [0, 0.1) is 17.6 Å².